The summed E-state index contributed by atoms with van der Waals surface area (Å²) < 4.78 is 5.40. The number of rotatable bonds is 4. The molecule has 0 radical (unpaired) electrons. The van der Waals surface area contributed by atoms with Crippen molar-refractivity contribution in [2.24, 2.45) is 0 Å². The smallest absolute Gasteiger partial charge is 0.171 e. The van der Waals surface area contributed by atoms with Crippen LogP contribution in [0.15, 0.2) is 35.0 Å². The number of nitrogens with zero attached hydrogens (tertiary/aromatic N) is 1. The van der Waals surface area contributed by atoms with Crippen LogP contribution in [-0.4, -0.2) is 10.7 Å². The molecule has 1 aromatic heterocycles. The van der Waals surface area contributed by atoms with E-state index in [1.807, 2.05) is 0 Å². The van der Waals surface area contributed by atoms with Crippen molar-refractivity contribution in [1.82, 2.24) is 10.5 Å². The summed E-state index contributed by atoms with van der Waals surface area (Å²) in [5.74, 6) is 0.861. The highest BCUT2D eigenvalue weighted by molar-refractivity contribution is 5.61. The molecule has 0 fully saturated rings. The van der Waals surface area contributed by atoms with Crippen LogP contribution in [0.3, 0.4) is 0 Å². The number of nitrogens with one attached hydrogen (secondary N) is 1. The standard InChI is InChI=1S/C16H22N2O/c1-5-12-6-8-13(9-7-12)15-14(11-18-19-15)10-17-16(2,3)4/h6-9,11,17H,5,10H2,1-4H3. The summed E-state index contributed by atoms with van der Waals surface area (Å²) in [5, 5.41) is 7.38. The molecule has 3 heteroatoms. The molecule has 0 aliphatic rings. The molecule has 0 aliphatic heterocycles. The lowest BCUT2D eigenvalue weighted by Crippen LogP contribution is -2.35. The third-order valence-electron chi connectivity index (χ3n) is 3.08. The van der Waals surface area contributed by atoms with Crippen molar-refractivity contribution < 1.29 is 4.52 Å². The highest BCUT2D eigenvalue weighted by atomic mass is 16.5. The fourth-order valence-electron chi connectivity index (χ4n) is 1.88. The van der Waals surface area contributed by atoms with Crippen molar-refractivity contribution in [1.29, 1.82) is 0 Å². The van der Waals surface area contributed by atoms with E-state index < -0.39 is 0 Å². The average molecular weight is 258 g/mol. The number of aryl methyl sites for hydroxylation is 1. The van der Waals surface area contributed by atoms with Gasteiger partial charge in [-0.05, 0) is 32.8 Å². The van der Waals surface area contributed by atoms with Gasteiger partial charge in [-0.15, -0.1) is 0 Å². The molecule has 3 nitrogen and oxygen atoms in total. The topological polar surface area (TPSA) is 38.1 Å². The zero-order valence-electron chi connectivity index (χ0n) is 12.2. The largest absolute Gasteiger partial charge is 0.356 e. The molecule has 0 amide bonds. The Kier molecular flexibility index (Phi) is 4.05. The van der Waals surface area contributed by atoms with Crippen LogP contribution in [0.25, 0.3) is 11.3 Å². The van der Waals surface area contributed by atoms with Gasteiger partial charge in [-0.3, -0.25) is 0 Å². The van der Waals surface area contributed by atoms with E-state index >= 15 is 0 Å². The Bertz CT molecular complexity index is 520. The molecule has 1 aromatic carbocycles. The maximum atomic E-state index is 5.40. The minimum absolute atomic E-state index is 0.0839. The number of aromatic nitrogens is 1. The number of benzene rings is 1. The van der Waals surface area contributed by atoms with Crippen molar-refractivity contribution in [3.63, 3.8) is 0 Å². The summed E-state index contributed by atoms with van der Waals surface area (Å²) in [6, 6.07) is 8.47. The first kappa shape index (κ1) is 13.8. The molecule has 19 heavy (non-hydrogen) atoms. The highest BCUT2D eigenvalue weighted by Crippen LogP contribution is 2.24. The van der Waals surface area contributed by atoms with Gasteiger partial charge in [0.25, 0.3) is 0 Å². The highest BCUT2D eigenvalue weighted by Gasteiger charge is 2.14. The van der Waals surface area contributed by atoms with E-state index in [1.165, 1.54) is 5.56 Å². The van der Waals surface area contributed by atoms with Gasteiger partial charge in [-0.2, -0.15) is 0 Å². The van der Waals surface area contributed by atoms with E-state index in [0.717, 1.165) is 29.9 Å². The Morgan fingerprint density at radius 3 is 2.42 bits per heavy atom. The van der Waals surface area contributed by atoms with Crippen LogP contribution >= 0.6 is 0 Å². The van der Waals surface area contributed by atoms with Gasteiger partial charge in [0.05, 0.1) is 6.20 Å². The molecule has 0 saturated heterocycles. The van der Waals surface area contributed by atoms with E-state index in [1.54, 1.807) is 6.20 Å². The third kappa shape index (κ3) is 3.67. The van der Waals surface area contributed by atoms with E-state index in [-0.39, 0.29) is 5.54 Å². The van der Waals surface area contributed by atoms with Crippen molar-refractivity contribution in [2.75, 3.05) is 0 Å². The molecule has 0 atom stereocenters. The van der Waals surface area contributed by atoms with Crippen LogP contribution in [0.4, 0.5) is 0 Å². The molecule has 2 rings (SSSR count). The lowest BCUT2D eigenvalue weighted by atomic mass is 10.0. The maximum Gasteiger partial charge on any atom is 0.171 e. The first-order chi connectivity index (χ1) is 8.99. The Morgan fingerprint density at radius 1 is 1.16 bits per heavy atom. The Morgan fingerprint density at radius 2 is 1.84 bits per heavy atom. The van der Waals surface area contributed by atoms with Crippen LogP contribution in [0.2, 0.25) is 0 Å². The monoisotopic (exact) mass is 258 g/mol. The molecule has 1 heterocycles. The molecule has 0 saturated carbocycles. The zero-order valence-corrected chi connectivity index (χ0v) is 12.2. The second kappa shape index (κ2) is 5.57. The molecule has 102 valence electrons. The van der Waals surface area contributed by atoms with Gasteiger partial charge < -0.3 is 9.84 Å². The fraction of sp³-hybridized carbons (Fsp3) is 0.438. The lowest BCUT2D eigenvalue weighted by Gasteiger charge is -2.20. The fourth-order valence-corrected chi connectivity index (χ4v) is 1.88. The van der Waals surface area contributed by atoms with Crippen molar-refractivity contribution in [2.45, 2.75) is 46.2 Å². The Hall–Kier alpha value is -1.61. The van der Waals surface area contributed by atoms with Crippen LogP contribution in [-0.2, 0) is 13.0 Å². The van der Waals surface area contributed by atoms with Gasteiger partial charge >= 0.3 is 0 Å². The summed E-state index contributed by atoms with van der Waals surface area (Å²) >= 11 is 0. The van der Waals surface area contributed by atoms with Crippen LogP contribution < -0.4 is 5.32 Å². The van der Waals surface area contributed by atoms with Gasteiger partial charge in [0.1, 0.15) is 0 Å². The average Bonchev–Trinajstić information content (AvgIpc) is 2.84. The molecular formula is C16H22N2O. The summed E-state index contributed by atoms with van der Waals surface area (Å²) in [6.45, 7) is 9.36. The quantitative estimate of drug-likeness (QED) is 0.906. The second-order valence-electron chi connectivity index (χ2n) is 5.83. The van der Waals surface area contributed by atoms with E-state index in [9.17, 15) is 0 Å². The first-order valence-corrected chi connectivity index (χ1v) is 6.77. The molecule has 0 unspecified atom stereocenters. The zero-order chi connectivity index (χ0) is 13.9. The summed E-state index contributed by atoms with van der Waals surface area (Å²) in [4.78, 5) is 0. The number of hydrogen-bond acceptors (Lipinski definition) is 3. The van der Waals surface area contributed by atoms with Crippen molar-refractivity contribution >= 4 is 0 Å². The summed E-state index contributed by atoms with van der Waals surface area (Å²) in [6.07, 6.45) is 2.84. The van der Waals surface area contributed by atoms with Crippen molar-refractivity contribution in [3.05, 3.63) is 41.6 Å². The van der Waals surface area contributed by atoms with Gasteiger partial charge in [0.2, 0.25) is 0 Å². The molecule has 1 N–H and O–H groups in total. The molecule has 0 aliphatic carbocycles. The predicted octanol–water partition coefficient (Wildman–Crippen LogP) is 3.79. The SMILES string of the molecule is CCc1ccc(-c2oncc2CNC(C)(C)C)cc1. The van der Waals surface area contributed by atoms with Crippen LogP contribution in [0, 0.1) is 0 Å². The van der Waals surface area contributed by atoms with Gasteiger partial charge in [0.15, 0.2) is 5.76 Å². The minimum atomic E-state index is 0.0839. The normalized spacial score (nSPS) is 11.8. The Balaban J connectivity index is 2.18. The van der Waals surface area contributed by atoms with E-state index in [2.05, 4.69) is 62.4 Å². The van der Waals surface area contributed by atoms with Crippen molar-refractivity contribution in [3.8, 4) is 11.3 Å². The lowest BCUT2D eigenvalue weighted by molar-refractivity contribution is 0.418. The van der Waals surface area contributed by atoms with Gasteiger partial charge in [-0.1, -0.05) is 36.3 Å². The summed E-state index contributed by atoms with van der Waals surface area (Å²) in [5.41, 5.74) is 3.60. The maximum absolute atomic E-state index is 5.40. The summed E-state index contributed by atoms with van der Waals surface area (Å²) in [7, 11) is 0. The molecule has 0 bridgehead atoms. The van der Waals surface area contributed by atoms with E-state index in [0.29, 0.717) is 0 Å². The third-order valence-corrected chi connectivity index (χ3v) is 3.08. The molecular weight excluding hydrogens is 236 g/mol. The number of hydrogen-bond donors (Lipinski definition) is 1. The second-order valence-corrected chi connectivity index (χ2v) is 5.83. The van der Waals surface area contributed by atoms with Gasteiger partial charge in [-0.25, -0.2) is 0 Å². The van der Waals surface area contributed by atoms with Gasteiger partial charge in [0, 0.05) is 23.2 Å². The Labute approximate surface area is 115 Å². The molecule has 2 aromatic rings. The van der Waals surface area contributed by atoms with Crippen LogP contribution in [0.5, 0.6) is 0 Å². The van der Waals surface area contributed by atoms with Crippen LogP contribution in [0.1, 0.15) is 38.8 Å². The minimum Gasteiger partial charge on any atom is -0.356 e. The predicted molar refractivity (Wildman–Crippen MR) is 77.9 cm³/mol. The molecule has 0 spiro atoms. The van der Waals surface area contributed by atoms with E-state index in [4.69, 9.17) is 4.52 Å². The first-order valence-electron chi connectivity index (χ1n) is 6.77.